The molecule has 1 amide bonds. The monoisotopic (exact) mass is 363 g/mol. The molecule has 0 N–H and O–H groups in total. The van der Waals surface area contributed by atoms with Crippen LogP contribution in [0.4, 0.5) is 0 Å². The van der Waals surface area contributed by atoms with Crippen LogP contribution in [0.1, 0.15) is 46.4 Å². The van der Waals surface area contributed by atoms with E-state index in [0.29, 0.717) is 12.2 Å². The first kappa shape index (κ1) is 17.3. The Morgan fingerprint density at radius 3 is 2.78 bits per heavy atom. The fourth-order valence-corrected chi connectivity index (χ4v) is 3.67. The van der Waals surface area contributed by atoms with E-state index in [9.17, 15) is 4.79 Å². The summed E-state index contributed by atoms with van der Waals surface area (Å²) in [5.74, 6) is 0.971. The van der Waals surface area contributed by atoms with Crippen LogP contribution in [0.3, 0.4) is 0 Å². The zero-order chi connectivity index (χ0) is 18.8. The SMILES string of the molecule is Cc1noc(C)c1-c1ccc([C@@H]2CCCN(C(=O)c3ccncn3)C2)nc1. The van der Waals surface area contributed by atoms with Gasteiger partial charge in [0.25, 0.3) is 5.91 Å². The van der Waals surface area contributed by atoms with Gasteiger partial charge in [-0.1, -0.05) is 11.2 Å². The lowest BCUT2D eigenvalue weighted by atomic mass is 9.93. The van der Waals surface area contributed by atoms with E-state index in [1.807, 2.05) is 31.0 Å². The molecular weight excluding hydrogens is 342 g/mol. The molecule has 4 heterocycles. The molecule has 3 aromatic heterocycles. The second kappa shape index (κ2) is 7.26. The molecule has 3 aromatic rings. The predicted octanol–water partition coefficient (Wildman–Crippen LogP) is 3.16. The minimum Gasteiger partial charge on any atom is -0.361 e. The maximum Gasteiger partial charge on any atom is 0.272 e. The van der Waals surface area contributed by atoms with Crippen LogP contribution in [0.25, 0.3) is 11.1 Å². The smallest absolute Gasteiger partial charge is 0.272 e. The van der Waals surface area contributed by atoms with E-state index >= 15 is 0 Å². The summed E-state index contributed by atoms with van der Waals surface area (Å²) in [6, 6.07) is 5.76. The van der Waals surface area contributed by atoms with Gasteiger partial charge in [-0.15, -0.1) is 0 Å². The van der Waals surface area contributed by atoms with Gasteiger partial charge in [0.2, 0.25) is 0 Å². The largest absolute Gasteiger partial charge is 0.361 e. The van der Waals surface area contributed by atoms with Gasteiger partial charge < -0.3 is 9.42 Å². The number of pyridine rings is 1. The molecule has 1 atom stereocenters. The molecule has 7 heteroatoms. The van der Waals surface area contributed by atoms with Crippen molar-refractivity contribution in [3.8, 4) is 11.1 Å². The van der Waals surface area contributed by atoms with Crippen molar-refractivity contribution >= 4 is 5.91 Å². The Morgan fingerprint density at radius 2 is 2.11 bits per heavy atom. The maximum atomic E-state index is 12.7. The standard InChI is InChI=1S/C20H21N5O2/c1-13-19(14(2)27-24-13)15-5-6-17(22-10-15)16-4-3-9-25(11-16)20(26)18-7-8-21-12-23-18/h5-8,10,12,16H,3-4,9,11H2,1-2H3/t16-/m1/s1. The molecule has 1 aliphatic heterocycles. The van der Waals surface area contributed by atoms with E-state index < -0.39 is 0 Å². The van der Waals surface area contributed by atoms with Crippen molar-refractivity contribution < 1.29 is 9.32 Å². The lowest BCUT2D eigenvalue weighted by molar-refractivity contribution is 0.0699. The van der Waals surface area contributed by atoms with E-state index in [4.69, 9.17) is 4.52 Å². The molecule has 4 rings (SSSR count). The summed E-state index contributed by atoms with van der Waals surface area (Å²) in [7, 11) is 0. The van der Waals surface area contributed by atoms with Gasteiger partial charge >= 0.3 is 0 Å². The van der Waals surface area contributed by atoms with Gasteiger partial charge in [-0.3, -0.25) is 9.78 Å². The average molecular weight is 363 g/mol. The van der Waals surface area contributed by atoms with Gasteiger partial charge in [-0.2, -0.15) is 0 Å². The Kier molecular flexibility index (Phi) is 4.66. The number of carbonyl (C=O) groups is 1. The molecular formula is C20H21N5O2. The van der Waals surface area contributed by atoms with E-state index in [1.54, 1.807) is 12.3 Å². The van der Waals surface area contributed by atoms with Gasteiger partial charge in [0.05, 0.1) is 5.69 Å². The Morgan fingerprint density at radius 1 is 1.22 bits per heavy atom. The van der Waals surface area contributed by atoms with Gasteiger partial charge in [-0.25, -0.2) is 9.97 Å². The van der Waals surface area contributed by atoms with E-state index in [2.05, 4.69) is 26.2 Å². The zero-order valence-corrected chi connectivity index (χ0v) is 15.4. The number of carbonyl (C=O) groups excluding carboxylic acids is 1. The molecule has 0 aromatic carbocycles. The molecule has 1 saturated heterocycles. The molecule has 27 heavy (non-hydrogen) atoms. The average Bonchev–Trinajstić information content (AvgIpc) is 3.06. The number of hydrogen-bond donors (Lipinski definition) is 0. The molecule has 0 spiro atoms. The fraction of sp³-hybridized carbons (Fsp3) is 0.350. The number of aryl methyl sites for hydroxylation is 2. The number of hydrogen-bond acceptors (Lipinski definition) is 6. The number of likely N-dealkylation sites (tertiary alicyclic amines) is 1. The number of piperidine rings is 1. The molecule has 0 bridgehead atoms. The first-order valence-corrected chi connectivity index (χ1v) is 9.08. The van der Waals surface area contributed by atoms with Crippen molar-refractivity contribution in [2.24, 2.45) is 0 Å². The number of nitrogens with zero attached hydrogens (tertiary/aromatic N) is 5. The van der Waals surface area contributed by atoms with Gasteiger partial charge in [0, 0.05) is 48.2 Å². The van der Waals surface area contributed by atoms with Crippen molar-refractivity contribution in [3.63, 3.8) is 0 Å². The fourth-order valence-electron chi connectivity index (χ4n) is 3.67. The Labute approximate surface area is 157 Å². The summed E-state index contributed by atoms with van der Waals surface area (Å²) >= 11 is 0. The van der Waals surface area contributed by atoms with Crippen LogP contribution in [-0.4, -0.2) is 44.0 Å². The second-order valence-corrected chi connectivity index (χ2v) is 6.86. The van der Waals surface area contributed by atoms with Crippen LogP contribution in [0.2, 0.25) is 0 Å². The third-order valence-corrected chi connectivity index (χ3v) is 5.04. The third-order valence-electron chi connectivity index (χ3n) is 5.04. The van der Waals surface area contributed by atoms with Crippen molar-refractivity contribution in [2.45, 2.75) is 32.6 Å². The highest BCUT2D eigenvalue weighted by molar-refractivity contribution is 5.92. The molecule has 138 valence electrons. The van der Waals surface area contributed by atoms with Crippen LogP contribution in [0, 0.1) is 13.8 Å². The number of rotatable bonds is 3. The maximum absolute atomic E-state index is 12.7. The first-order valence-electron chi connectivity index (χ1n) is 9.08. The Bertz CT molecular complexity index is 917. The summed E-state index contributed by atoms with van der Waals surface area (Å²) in [5, 5.41) is 4.01. The van der Waals surface area contributed by atoms with Gasteiger partial charge in [0.1, 0.15) is 17.8 Å². The minimum atomic E-state index is -0.0468. The van der Waals surface area contributed by atoms with Crippen LogP contribution >= 0.6 is 0 Å². The topological polar surface area (TPSA) is 85.0 Å². The minimum absolute atomic E-state index is 0.0468. The summed E-state index contributed by atoms with van der Waals surface area (Å²) in [5.41, 5.74) is 4.30. The lowest BCUT2D eigenvalue weighted by Crippen LogP contribution is -2.39. The van der Waals surface area contributed by atoms with Crippen molar-refractivity contribution in [2.75, 3.05) is 13.1 Å². The summed E-state index contributed by atoms with van der Waals surface area (Å²) < 4.78 is 5.25. The zero-order valence-electron chi connectivity index (χ0n) is 15.4. The van der Waals surface area contributed by atoms with E-state index in [0.717, 1.165) is 47.7 Å². The molecule has 0 aliphatic carbocycles. The molecule has 7 nitrogen and oxygen atoms in total. The first-order chi connectivity index (χ1) is 13.1. The van der Waals surface area contributed by atoms with Crippen LogP contribution in [0.5, 0.6) is 0 Å². The Hall–Kier alpha value is -3.09. The molecule has 1 aliphatic rings. The lowest BCUT2D eigenvalue weighted by Gasteiger charge is -2.32. The van der Waals surface area contributed by atoms with Crippen molar-refractivity contribution in [3.05, 3.63) is 59.8 Å². The molecule has 1 fully saturated rings. The van der Waals surface area contributed by atoms with Crippen molar-refractivity contribution in [1.82, 2.24) is 25.0 Å². The summed E-state index contributed by atoms with van der Waals surface area (Å²) in [4.78, 5) is 27.1. The summed E-state index contributed by atoms with van der Waals surface area (Å²) in [6.07, 6.45) is 6.84. The normalized spacial score (nSPS) is 17.1. The van der Waals surface area contributed by atoms with Crippen LogP contribution in [-0.2, 0) is 0 Å². The number of amides is 1. The Balaban J connectivity index is 1.51. The van der Waals surface area contributed by atoms with Crippen LogP contribution in [0.15, 0.2) is 41.4 Å². The second-order valence-electron chi connectivity index (χ2n) is 6.86. The molecule has 0 saturated carbocycles. The highest BCUT2D eigenvalue weighted by Gasteiger charge is 2.27. The van der Waals surface area contributed by atoms with Gasteiger partial charge in [-0.05, 0) is 38.8 Å². The van der Waals surface area contributed by atoms with Crippen molar-refractivity contribution in [1.29, 1.82) is 0 Å². The highest BCUT2D eigenvalue weighted by atomic mass is 16.5. The van der Waals surface area contributed by atoms with Gasteiger partial charge in [0.15, 0.2) is 0 Å². The van der Waals surface area contributed by atoms with E-state index in [1.165, 1.54) is 6.33 Å². The molecule has 0 radical (unpaired) electrons. The van der Waals surface area contributed by atoms with Crippen LogP contribution < -0.4 is 0 Å². The highest BCUT2D eigenvalue weighted by Crippen LogP contribution is 2.30. The quantitative estimate of drug-likeness (QED) is 0.710. The summed E-state index contributed by atoms with van der Waals surface area (Å²) in [6.45, 7) is 5.23. The third kappa shape index (κ3) is 3.45. The predicted molar refractivity (Wildman–Crippen MR) is 99.1 cm³/mol. The number of aromatic nitrogens is 4. The molecule has 0 unspecified atom stereocenters. The van der Waals surface area contributed by atoms with E-state index in [-0.39, 0.29) is 11.8 Å².